The summed E-state index contributed by atoms with van der Waals surface area (Å²) in [5.41, 5.74) is 1.81. The van der Waals surface area contributed by atoms with Crippen LogP contribution in [0.3, 0.4) is 0 Å². The van der Waals surface area contributed by atoms with Gasteiger partial charge in [0.1, 0.15) is 5.70 Å². The van der Waals surface area contributed by atoms with E-state index in [4.69, 9.17) is 21.1 Å². The molecule has 1 heterocycles. The molecule has 36 heavy (non-hydrogen) atoms. The first-order valence-corrected chi connectivity index (χ1v) is 12.4. The molecular formula is C26H21ClIN3O5. The average Bonchev–Trinajstić information content (AvgIpc) is 3.12. The first-order chi connectivity index (χ1) is 17.4. The Kier molecular flexibility index (Phi) is 8.11. The van der Waals surface area contributed by atoms with Crippen molar-refractivity contribution in [2.45, 2.75) is 6.92 Å². The van der Waals surface area contributed by atoms with Crippen molar-refractivity contribution in [1.82, 2.24) is 5.32 Å². The standard InChI is InChI=1S/C26H21ClIN3O5/c1-2-35-22-14-16(12-20(28)24(22)36-15-23(32)29-18-6-4-3-5-7-18)13-21-25(33)31(26(34)30-21)19-10-8-17(27)9-11-19/h3-14H,2,15H2,1H3,(H,29,32)(H,30,34)/b21-13+. The zero-order chi connectivity index (χ0) is 25.7. The average molecular weight is 618 g/mol. The molecule has 1 saturated heterocycles. The van der Waals surface area contributed by atoms with Crippen LogP contribution in [-0.4, -0.2) is 31.1 Å². The molecule has 3 aromatic carbocycles. The summed E-state index contributed by atoms with van der Waals surface area (Å²) in [4.78, 5) is 38.8. The Hall–Kier alpha value is -3.57. The van der Waals surface area contributed by atoms with E-state index < -0.39 is 11.9 Å². The molecule has 184 valence electrons. The quantitative estimate of drug-likeness (QED) is 0.199. The van der Waals surface area contributed by atoms with Crippen LogP contribution >= 0.6 is 34.2 Å². The molecule has 0 radical (unpaired) electrons. The number of amides is 4. The third-order valence-electron chi connectivity index (χ3n) is 5.01. The number of para-hydroxylation sites is 1. The Morgan fingerprint density at radius 2 is 1.81 bits per heavy atom. The normalized spacial score (nSPS) is 14.1. The lowest BCUT2D eigenvalue weighted by molar-refractivity contribution is -0.118. The molecule has 0 aliphatic carbocycles. The second-order valence-corrected chi connectivity index (χ2v) is 9.17. The second-order valence-electron chi connectivity index (χ2n) is 7.57. The molecule has 1 fully saturated rings. The molecule has 8 nitrogen and oxygen atoms in total. The molecule has 0 spiro atoms. The number of carbonyl (C=O) groups excluding carboxylic acids is 3. The summed E-state index contributed by atoms with van der Waals surface area (Å²) in [6.45, 7) is 1.98. The lowest BCUT2D eigenvalue weighted by atomic mass is 10.1. The van der Waals surface area contributed by atoms with Crippen molar-refractivity contribution in [2.75, 3.05) is 23.4 Å². The van der Waals surface area contributed by atoms with Gasteiger partial charge in [-0.15, -0.1) is 0 Å². The van der Waals surface area contributed by atoms with Gasteiger partial charge in [-0.05, 0) is 89.7 Å². The third kappa shape index (κ3) is 5.97. The van der Waals surface area contributed by atoms with Gasteiger partial charge in [-0.1, -0.05) is 29.8 Å². The van der Waals surface area contributed by atoms with E-state index >= 15 is 0 Å². The highest BCUT2D eigenvalue weighted by atomic mass is 127. The lowest BCUT2D eigenvalue weighted by Crippen LogP contribution is -2.30. The molecule has 3 aromatic rings. The van der Waals surface area contributed by atoms with Crippen molar-refractivity contribution in [2.24, 2.45) is 0 Å². The molecule has 0 bridgehead atoms. The molecule has 0 aromatic heterocycles. The van der Waals surface area contributed by atoms with E-state index in [1.807, 2.05) is 25.1 Å². The number of urea groups is 1. The minimum Gasteiger partial charge on any atom is -0.490 e. The number of halogens is 2. The minimum absolute atomic E-state index is 0.115. The smallest absolute Gasteiger partial charge is 0.333 e. The Balaban J connectivity index is 1.53. The van der Waals surface area contributed by atoms with E-state index in [9.17, 15) is 14.4 Å². The van der Waals surface area contributed by atoms with Crippen molar-refractivity contribution in [3.8, 4) is 11.5 Å². The molecule has 1 aliphatic rings. The molecule has 0 unspecified atom stereocenters. The maximum Gasteiger partial charge on any atom is 0.333 e. The number of benzene rings is 3. The first kappa shape index (κ1) is 25.5. The molecule has 2 N–H and O–H groups in total. The van der Waals surface area contributed by atoms with Crippen molar-refractivity contribution in [1.29, 1.82) is 0 Å². The number of nitrogens with one attached hydrogen (secondary N) is 2. The van der Waals surface area contributed by atoms with Crippen LogP contribution in [0.25, 0.3) is 6.08 Å². The van der Waals surface area contributed by atoms with E-state index in [0.717, 1.165) is 4.90 Å². The van der Waals surface area contributed by atoms with Crippen molar-refractivity contribution < 1.29 is 23.9 Å². The van der Waals surface area contributed by atoms with Crippen LogP contribution in [0.15, 0.2) is 72.4 Å². The summed E-state index contributed by atoms with van der Waals surface area (Å²) in [7, 11) is 0. The van der Waals surface area contributed by atoms with Crippen LogP contribution in [-0.2, 0) is 9.59 Å². The second kappa shape index (κ2) is 11.4. The van der Waals surface area contributed by atoms with Gasteiger partial charge in [0.15, 0.2) is 18.1 Å². The molecule has 4 rings (SSSR count). The number of imide groups is 1. The lowest BCUT2D eigenvalue weighted by Gasteiger charge is -2.15. The van der Waals surface area contributed by atoms with Gasteiger partial charge in [-0.25, -0.2) is 9.69 Å². The van der Waals surface area contributed by atoms with Crippen molar-refractivity contribution >= 4 is 69.5 Å². The van der Waals surface area contributed by atoms with Gasteiger partial charge in [0.05, 0.1) is 15.9 Å². The van der Waals surface area contributed by atoms with Gasteiger partial charge in [0, 0.05) is 10.7 Å². The molecular weight excluding hydrogens is 597 g/mol. The van der Waals surface area contributed by atoms with Crippen LogP contribution in [0, 0.1) is 3.57 Å². The summed E-state index contributed by atoms with van der Waals surface area (Å²) >= 11 is 7.98. The monoisotopic (exact) mass is 617 g/mol. The highest BCUT2D eigenvalue weighted by Crippen LogP contribution is 2.35. The number of hydrogen-bond acceptors (Lipinski definition) is 5. The Morgan fingerprint density at radius 1 is 1.08 bits per heavy atom. The van der Waals surface area contributed by atoms with Gasteiger partial charge in [0.2, 0.25) is 0 Å². The molecule has 4 amide bonds. The Morgan fingerprint density at radius 3 is 2.50 bits per heavy atom. The Labute approximate surface area is 226 Å². The number of hydrogen-bond donors (Lipinski definition) is 2. The summed E-state index contributed by atoms with van der Waals surface area (Å²) < 4.78 is 12.2. The zero-order valence-electron chi connectivity index (χ0n) is 19.1. The van der Waals surface area contributed by atoms with Crippen molar-refractivity contribution in [3.63, 3.8) is 0 Å². The SMILES string of the molecule is CCOc1cc(/C=C2/NC(=O)N(c3ccc(Cl)cc3)C2=O)cc(I)c1OCC(=O)Nc1ccccc1. The molecule has 0 atom stereocenters. The van der Waals surface area contributed by atoms with Gasteiger partial charge >= 0.3 is 6.03 Å². The first-order valence-electron chi connectivity index (χ1n) is 10.9. The fourth-order valence-electron chi connectivity index (χ4n) is 3.46. The van der Waals surface area contributed by atoms with Crippen LogP contribution in [0.5, 0.6) is 11.5 Å². The molecule has 0 saturated carbocycles. The third-order valence-corrected chi connectivity index (χ3v) is 6.06. The number of carbonyl (C=O) groups is 3. The molecule has 1 aliphatic heterocycles. The van der Waals surface area contributed by atoms with Gasteiger partial charge < -0.3 is 20.1 Å². The Bertz CT molecular complexity index is 1330. The predicted molar refractivity (Wildman–Crippen MR) is 146 cm³/mol. The summed E-state index contributed by atoms with van der Waals surface area (Å²) in [5, 5.41) is 5.87. The summed E-state index contributed by atoms with van der Waals surface area (Å²) in [5.74, 6) is 0.0166. The van der Waals surface area contributed by atoms with Crippen LogP contribution in [0.2, 0.25) is 5.02 Å². The van der Waals surface area contributed by atoms with E-state index in [2.05, 4.69) is 33.2 Å². The number of rotatable bonds is 8. The highest BCUT2D eigenvalue weighted by molar-refractivity contribution is 14.1. The minimum atomic E-state index is -0.558. The van der Waals surface area contributed by atoms with E-state index in [-0.39, 0.29) is 18.2 Å². The van der Waals surface area contributed by atoms with E-state index in [1.165, 1.54) is 0 Å². The fourth-order valence-corrected chi connectivity index (χ4v) is 4.36. The van der Waals surface area contributed by atoms with E-state index in [1.54, 1.807) is 54.6 Å². The van der Waals surface area contributed by atoms with Crippen LogP contribution < -0.4 is 25.0 Å². The maximum absolute atomic E-state index is 12.9. The van der Waals surface area contributed by atoms with Crippen LogP contribution in [0.4, 0.5) is 16.2 Å². The summed E-state index contributed by atoms with van der Waals surface area (Å²) in [6.07, 6.45) is 1.56. The number of ether oxygens (including phenoxy) is 2. The largest absolute Gasteiger partial charge is 0.490 e. The van der Waals surface area contributed by atoms with Gasteiger partial charge in [0.25, 0.3) is 11.8 Å². The summed E-state index contributed by atoms with van der Waals surface area (Å²) in [6, 6.07) is 18.4. The van der Waals surface area contributed by atoms with Gasteiger partial charge in [-0.3, -0.25) is 9.59 Å². The van der Waals surface area contributed by atoms with Crippen LogP contribution in [0.1, 0.15) is 12.5 Å². The topological polar surface area (TPSA) is 97.0 Å². The number of nitrogens with zero attached hydrogens (tertiary/aromatic N) is 1. The zero-order valence-corrected chi connectivity index (χ0v) is 22.0. The number of anilines is 2. The van der Waals surface area contributed by atoms with E-state index in [0.29, 0.717) is 43.6 Å². The van der Waals surface area contributed by atoms with Crippen molar-refractivity contribution in [3.05, 3.63) is 86.6 Å². The molecule has 10 heteroatoms. The van der Waals surface area contributed by atoms with Gasteiger partial charge in [-0.2, -0.15) is 0 Å². The maximum atomic E-state index is 12.9. The predicted octanol–water partition coefficient (Wildman–Crippen LogP) is 5.46. The fraction of sp³-hybridized carbons (Fsp3) is 0.115. The highest BCUT2D eigenvalue weighted by Gasteiger charge is 2.35.